The third-order valence-electron chi connectivity index (χ3n) is 3.23. The zero-order valence-electron chi connectivity index (χ0n) is 13.4. The van der Waals surface area contributed by atoms with Crippen molar-refractivity contribution in [2.45, 2.75) is 11.3 Å². The topological polar surface area (TPSA) is 86.8 Å². The van der Waals surface area contributed by atoms with Crippen molar-refractivity contribution in [3.05, 3.63) is 29.3 Å². The number of hydrogen-bond donors (Lipinski definition) is 1. The van der Waals surface area contributed by atoms with Crippen LogP contribution in [-0.4, -0.2) is 42.9 Å². The number of esters is 1. The molecule has 0 atom stereocenters. The highest BCUT2D eigenvalue weighted by molar-refractivity contribution is 8.00. The van der Waals surface area contributed by atoms with E-state index >= 15 is 0 Å². The van der Waals surface area contributed by atoms with Gasteiger partial charge in [-0.25, -0.2) is 4.98 Å². The van der Waals surface area contributed by atoms with Crippen LogP contribution >= 0.6 is 23.1 Å². The molecule has 2 heterocycles. The molecule has 1 aromatic heterocycles. The Kier molecular flexibility index (Phi) is 5.77. The van der Waals surface area contributed by atoms with E-state index in [4.69, 9.17) is 9.47 Å². The number of nitrogens with zero attached hydrogens (tertiary/aromatic N) is 1. The first-order valence-corrected chi connectivity index (χ1v) is 9.34. The number of amides is 1. The van der Waals surface area contributed by atoms with Crippen molar-refractivity contribution >= 4 is 40.1 Å². The summed E-state index contributed by atoms with van der Waals surface area (Å²) in [5.74, 6) is 1.13. The van der Waals surface area contributed by atoms with Gasteiger partial charge < -0.3 is 19.5 Å². The minimum Gasteiger partial charge on any atom is -0.486 e. The number of aromatic nitrogens is 1. The molecule has 0 bridgehead atoms. The Balaban J connectivity index is 1.50. The number of hydrogen-bond acceptors (Lipinski definition) is 8. The number of nitrogens with one attached hydrogen (secondary N) is 1. The van der Waals surface area contributed by atoms with Crippen molar-refractivity contribution in [2.75, 3.05) is 31.4 Å². The van der Waals surface area contributed by atoms with Gasteiger partial charge in [0.05, 0.1) is 25.0 Å². The van der Waals surface area contributed by atoms with E-state index in [9.17, 15) is 9.59 Å². The molecule has 1 amide bonds. The van der Waals surface area contributed by atoms with Gasteiger partial charge in [0.2, 0.25) is 5.91 Å². The average molecular weight is 380 g/mol. The van der Waals surface area contributed by atoms with Crippen molar-refractivity contribution in [3.63, 3.8) is 0 Å². The van der Waals surface area contributed by atoms with Crippen LogP contribution in [0, 0.1) is 0 Å². The lowest BCUT2D eigenvalue weighted by Crippen LogP contribution is -2.15. The van der Waals surface area contributed by atoms with Crippen molar-refractivity contribution in [2.24, 2.45) is 0 Å². The Bertz CT molecular complexity index is 778. The molecule has 1 aromatic carbocycles. The van der Waals surface area contributed by atoms with Crippen LogP contribution in [0.1, 0.15) is 5.69 Å². The van der Waals surface area contributed by atoms with Gasteiger partial charge in [0.15, 0.2) is 16.6 Å². The second-order valence-corrected chi connectivity index (χ2v) is 6.95. The Morgan fingerprint density at radius 1 is 1.32 bits per heavy atom. The quantitative estimate of drug-likeness (QED) is 0.608. The van der Waals surface area contributed by atoms with E-state index in [0.717, 1.165) is 10.6 Å². The summed E-state index contributed by atoms with van der Waals surface area (Å²) in [5.41, 5.74) is 0.576. The Labute approximate surface area is 152 Å². The second kappa shape index (κ2) is 8.21. The maximum Gasteiger partial charge on any atom is 0.311 e. The Morgan fingerprint density at radius 2 is 2.12 bits per heavy atom. The summed E-state index contributed by atoms with van der Waals surface area (Å²) in [4.78, 5) is 28.4. The molecule has 9 heteroatoms. The number of rotatable bonds is 6. The summed E-state index contributed by atoms with van der Waals surface area (Å²) >= 11 is 2.67. The fraction of sp³-hybridized carbons (Fsp3) is 0.312. The molecule has 7 nitrogen and oxygen atoms in total. The SMILES string of the molecule is COC(=O)Cc1csc(NC(=O)CSc2ccc3c(c2)OCCO3)n1. The molecule has 2 aromatic rings. The van der Waals surface area contributed by atoms with Crippen LogP contribution in [0.15, 0.2) is 28.5 Å². The summed E-state index contributed by atoms with van der Waals surface area (Å²) in [7, 11) is 1.33. The maximum atomic E-state index is 12.0. The molecule has 0 saturated carbocycles. The fourth-order valence-corrected chi connectivity index (χ4v) is 3.53. The number of benzene rings is 1. The zero-order chi connectivity index (χ0) is 17.6. The van der Waals surface area contributed by atoms with Crippen molar-refractivity contribution in [1.82, 2.24) is 4.98 Å². The van der Waals surface area contributed by atoms with Gasteiger partial charge in [0.1, 0.15) is 13.2 Å². The van der Waals surface area contributed by atoms with Crippen LogP contribution in [-0.2, 0) is 20.7 Å². The number of anilines is 1. The third kappa shape index (κ3) is 4.86. The first kappa shape index (κ1) is 17.6. The van der Waals surface area contributed by atoms with Crippen LogP contribution < -0.4 is 14.8 Å². The van der Waals surface area contributed by atoms with Crippen molar-refractivity contribution < 1.29 is 23.8 Å². The number of fused-ring (bicyclic) bond motifs is 1. The van der Waals surface area contributed by atoms with Gasteiger partial charge >= 0.3 is 5.97 Å². The number of thioether (sulfide) groups is 1. The van der Waals surface area contributed by atoms with E-state index < -0.39 is 0 Å². The predicted octanol–water partition coefficient (Wildman–Crippen LogP) is 2.36. The second-order valence-electron chi connectivity index (χ2n) is 5.04. The summed E-state index contributed by atoms with van der Waals surface area (Å²) in [6, 6.07) is 5.60. The zero-order valence-corrected chi connectivity index (χ0v) is 15.1. The molecule has 0 fully saturated rings. The normalized spacial score (nSPS) is 12.5. The molecular weight excluding hydrogens is 364 g/mol. The average Bonchev–Trinajstić information content (AvgIpc) is 3.06. The number of methoxy groups -OCH3 is 1. The van der Waals surface area contributed by atoms with Crippen LogP contribution in [0.3, 0.4) is 0 Å². The first-order valence-electron chi connectivity index (χ1n) is 7.47. The maximum absolute atomic E-state index is 12.0. The molecule has 0 unspecified atom stereocenters. The Morgan fingerprint density at radius 3 is 2.92 bits per heavy atom. The van der Waals surface area contributed by atoms with Crippen LogP contribution in [0.2, 0.25) is 0 Å². The van der Waals surface area contributed by atoms with E-state index in [1.165, 1.54) is 30.2 Å². The van der Waals surface area contributed by atoms with Gasteiger partial charge in [-0.1, -0.05) is 0 Å². The van der Waals surface area contributed by atoms with E-state index in [-0.39, 0.29) is 24.1 Å². The molecular formula is C16H16N2O5S2. The summed E-state index contributed by atoms with van der Waals surface area (Å²) in [6.07, 6.45) is 0.0921. The molecule has 3 rings (SSSR count). The molecule has 0 spiro atoms. The number of carbonyl (C=O) groups excluding carboxylic acids is 2. The van der Waals surface area contributed by atoms with Gasteiger partial charge in [-0.05, 0) is 18.2 Å². The molecule has 132 valence electrons. The number of thiazole rings is 1. The van der Waals surface area contributed by atoms with Gasteiger partial charge in [-0.3, -0.25) is 9.59 Å². The van der Waals surface area contributed by atoms with Crippen LogP contribution in [0.25, 0.3) is 0 Å². The fourth-order valence-electron chi connectivity index (χ4n) is 2.08. The van der Waals surface area contributed by atoms with Gasteiger partial charge in [0, 0.05) is 10.3 Å². The molecule has 0 radical (unpaired) electrons. The summed E-state index contributed by atoms with van der Waals surface area (Å²) in [5, 5.41) is 4.91. The lowest BCUT2D eigenvalue weighted by atomic mass is 10.3. The minimum atomic E-state index is -0.364. The van der Waals surface area contributed by atoms with Crippen molar-refractivity contribution in [3.8, 4) is 11.5 Å². The van der Waals surface area contributed by atoms with Crippen molar-refractivity contribution in [1.29, 1.82) is 0 Å². The third-order valence-corrected chi connectivity index (χ3v) is 5.04. The monoisotopic (exact) mass is 380 g/mol. The summed E-state index contributed by atoms with van der Waals surface area (Å²) < 4.78 is 15.6. The highest BCUT2D eigenvalue weighted by Gasteiger charge is 2.13. The van der Waals surface area contributed by atoms with Gasteiger partial charge in [-0.2, -0.15) is 0 Å². The van der Waals surface area contributed by atoms with E-state index in [1.54, 1.807) is 5.38 Å². The van der Waals surface area contributed by atoms with E-state index in [2.05, 4.69) is 15.0 Å². The van der Waals surface area contributed by atoms with Crippen LogP contribution in [0.4, 0.5) is 5.13 Å². The molecule has 1 aliphatic rings. The molecule has 25 heavy (non-hydrogen) atoms. The molecule has 0 saturated heterocycles. The minimum absolute atomic E-state index is 0.0921. The lowest BCUT2D eigenvalue weighted by molar-refractivity contribution is -0.139. The molecule has 0 aliphatic carbocycles. The lowest BCUT2D eigenvalue weighted by Gasteiger charge is -2.18. The molecule has 1 N–H and O–H groups in total. The largest absolute Gasteiger partial charge is 0.486 e. The predicted molar refractivity (Wildman–Crippen MR) is 94.6 cm³/mol. The molecule has 1 aliphatic heterocycles. The first-order chi connectivity index (χ1) is 12.1. The number of carbonyl (C=O) groups is 2. The van der Waals surface area contributed by atoms with E-state index in [0.29, 0.717) is 29.8 Å². The van der Waals surface area contributed by atoms with Gasteiger partial charge in [0.25, 0.3) is 0 Å². The van der Waals surface area contributed by atoms with E-state index in [1.807, 2.05) is 18.2 Å². The summed E-state index contributed by atoms with van der Waals surface area (Å²) in [6.45, 7) is 1.08. The Hall–Kier alpha value is -2.26. The highest BCUT2D eigenvalue weighted by atomic mass is 32.2. The highest BCUT2D eigenvalue weighted by Crippen LogP contribution is 2.34. The number of ether oxygens (including phenoxy) is 3. The smallest absolute Gasteiger partial charge is 0.311 e. The van der Waals surface area contributed by atoms with Gasteiger partial charge in [-0.15, -0.1) is 23.1 Å². The van der Waals surface area contributed by atoms with Crippen LogP contribution in [0.5, 0.6) is 11.5 Å². The standard InChI is InChI=1S/C16H16N2O5S2/c1-21-15(20)6-10-8-25-16(17-10)18-14(19)9-24-11-2-3-12-13(7-11)23-5-4-22-12/h2-3,7-8H,4-6,9H2,1H3,(H,17,18,19).